The van der Waals surface area contributed by atoms with Gasteiger partial charge in [0.2, 0.25) is 0 Å². The minimum atomic E-state index is 0.313. The quantitative estimate of drug-likeness (QED) is 0.703. The third-order valence-electron chi connectivity index (χ3n) is 4.25. The molecule has 0 N–H and O–H groups in total. The summed E-state index contributed by atoms with van der Waals surface area (Å²) in [6.45, 7) is 6.50. The Morgan fingerprint density at radius 3 is 1.94 bits per heavy atom. The Hall–Kier alpha value is -1.11. The van der Waals surface area contributed by atoms with E-state index < -0.39 is 0 Å². The van der Waals surface area contributed by atoms with E-state index in [0.29, 0.717) is 11.7 Å². The number of rotatable bonds is 5. The van der Waals surface area contributed by atoms with Crippen molar-refractivity contribution in [1.29, 1.82) is 0 Å². The molecule has 1 aliphatic carbocycles. The van der Waals surface area contributed by atoms with Crippen molar-refractivity contribution in [3.8, 4) is 0 Å². The van der Waals surface area contributed by atoms with E-state index >= 15 is 0 Å². The van der Waals surface area contributed by atoms with E-state index in [0.717, 1.165) is 37.7 Å². The Labute approximate surface area is 111 Å². The molecule has 2 rings (SSSR count). The molecule has 0 bridgehead atoms. The van der Waals surface area contributed by atoms with Crippen LogP contribution in [0.2, 0.25) is 0 Å². The summed E-state index contributed by atoms with van der Waals surface area (Å²) in [5.74, 6) is 0.727. The molecular weight excluding hydrogens is 220 g/mol. The molecule has 1 aromatic carbocycles. The fraction of sp³-hybridized carbons (Fsp3) is 0.588. The van der Waals surface area contributed by atoms with Crippen LogP contribution in [0.4, 0.5) is 0 Å². The molecule has 0 radical (unpaired) electrons. The van der Waals surface area contributed by atoms with Crippen LogP contribution in [0.5, 0.6) is 0 Å². The highest BCUT2D eigenvalue weighted by atomic mass is 16.1. The monoisotopic (exact) mass is 244 g/mol. The van der Waals surface area contributed by atoms with E-state index in [1.165, 1.54) is 23.1 Å². The van der Waals surface area contributed by atoms with Crippen LogP contribution < -0.4 is 0 Å². The smallest absolute Gasteiger partial charge is 0.166 e. The molecule has 0 spiro atoms. The van der Waals surface area contributed by atoms with E-state index in [1.54, 1.807) is 0 Å². The standard InChI is InChI=1S/C17H24O/c1-4-12-10-13(5-2)16(14(6-3)11-12)17(18)15-8-7-9-15/h10-11,15H,4-9H2,1-3H3. The highest BCUT2D eigenvalue weighted by molar-refractivity contribution is 6.01. The third-order valence-corrected chi connectivity index (χ3v) is 4.25. The molecule has 0 aromatic heterocycles. The lowest BCUT2D eigenvalue weighted by Crippen LogP contribution is -2.24. The van der Waals surface area contributed by atoms with Crippen molar-refractivity contribution >= 4 is 5.78 Å². The highest BCUT2D eigenvalue weighted by Gasteiger charge is 2.28. The maximum atomic E-state index is 12.6. The topological polar surface area (TPSA) is 17.1 Å². The number of benzene rings is 1. The average molecular weight is 244 g/mol. The molecule has 0 unspecified atom stereocenters. The molecule has 1 aromatic rings. The first kappa shape index (κ1) is 13.3. The molecular formula is C17H24O. The predicted octanol–water partition coefficient (Wildman–Crippen LogP) is 4.36. The van der Waals surface area contributed by atoms with Crippen molar-refractivity contribution < 1.29 is 4.79 Å². The molecule has 1 saturated carbocycles. The largest absolute Gasteiger partial charge is 0.294 e. The van der Waals surface area contributed by atoms with Crippen molar-refractivity contribution in [2.75, 3.05) is 0 Å². The number of carbonyl (C=O) groups excluding carboxylic acids is 1. The Bertz CT molecular complexity index is 416. The summed E-state index contributed by atoms with van der Waals surface area (Å²) in [6.07, 6.45) is 6.41. The molecule has 1 nitrogen and oxygen atoms in total. The lowest BCUT2D eigenvalue weighted by Gasteiger charge is -2.26. The van der Waals surface area contributed by atoms with Gasteiger partial charge in [-0.25, -0.2) is 0 Å². The van der Waals surface area contributed by atoms with Gasteiger partial charge in [-0.15, -0.1) is 0 Å². The number of hydrogen-bond acceptors (Lipinski definition) is 1. The first-order valence-electron chi connectivity index (χ1n) is 7.40. The molecule has 0 heterocycles. The van der Waals surface area contributed by atoms with Crippen LogP contribution in [-0.2, 0) is 19.3 Å². The summed E-state index contributed by atoms with van der Waals surface area (Å²) >= 11 is 0. The van der Waals surface area contributed by atoms with Crippen LogP contribution >= 0.6 is 0 Å². The van der Waals surface area contributed by atoms with Crippen LogP contribution in [0.3, 0.4) is 0 Å². The molecule has 1 fully saturated rings. The van der Waals surface area contributed by atoms with Gasteiger partial charge < -0.3 is 0 Å². The second-order valence-electron chi connectivity index (χ2n) is 5.34. The van der Waals surface area contributed by atoms with Gasteiger partial charge in [0.1, 0.15) is 0 Å². The molecule has 0 aliphatic heterocycles. The summed E-state index contributed by atoms with van der Waals surface area (Å²) in [6, 6.07) is 4.48. The van der Waals surface area contributed by atoms with Crippen LogP contribution in [0.15, 0.2) is 12.1 Å². The summed E-state index contributed by atoms with van der Waals surface area (Å²) in [7, 11) is 0. The molecule has 1 aliphatic rings. The molecule has 1 heteroatoms. The minimum Gasteiger partial charge on any atom is -0.294 e. The number of carbonyl (C=O) groups is 1. The Morgan fingerprint density at radius 2 is 1.61 bits per heavy atom. The van der Waals surface area contributed by atoms with Gasteiger partial charge in [0.25, 0.3) is 0 Å². The second-order valence-corrected chi connectivity index (χ2v) is 5.34. The Morgan fingerprint density at radius 1 is 1.06 bits per heavy atom. The van der Waals surface area contributed by atoms with Crippen molar-refractivity contribution in [2.24, 2.45) is 5.92 Å². The number of aryl methyl sites for hydroxylation is 3. The van der Waals surface area contributed by atoms with Crippen LogP contribution in [0.1, 0.15) is 67.1 Å². The summed E-state index contributed by atoms with van der Waals surface area (Å²) < 4.78 is 0. The third kappa shape index (κ3) is 2.36. The number of ketones is 1. The average Bonchev–Trinajstić information content (AvgIpc) is 2.34. The number of hydrogen-bond donors (Lipinski definition) is 0. The maximum absolute atomic E-state index is 12.6. The van der Waals surface area contributed by atoms with E-state index in [4.69, 9.17) is 0 Å². The van der Waals surface area contributed by atoms with Gasteiger partial charge >= 0.3 is 0 Å². The lowest BCUT2D eigenvalue weighted by atomic mass is 9.77. The van der Waals surface area contributed by atoms with Crippen LogP contribution in [0.25, 0.3) is 0 Å². The zero-order chi connectivity index (χ0) is 13.1. The van der Waals surface area contributed by atoms with Crippen molar-refractivity contribution in [3.63, 3.8) is 0 Å². The Kier molecular flexibility index (Phi) is 4.21. The predicted molar refractivity (Wildman–Crippen MR) is 76.2 cm³/mol. The van der Waals surface area contributed by atoms with E-state index in [2.05, 4.69) is 32.9 Å². The fourth-order valence-electron chi connectivity index (χ4n) is 2.79. The van der Waals surface area contributed by atoms with Crippen molar-refractivity contribution in [2.45, 2.75) is 59.3 Å². The van der Waals surface area contributed by atoms with E-state index in [1.807, 2.05) is 0 Å². The van der Waals surface area contributed by atoms with Crippen LogP contribution in [0, 0.1) is 5.92 Å². The first-order valence-corrected chi connectivity index (χ1v) is 7.40. The Balaban J connectivity index is 2.45. The second kappa shape index (κ2) is 5.69. The maximum Gasteiger partial charge on any atom is 0.166 e. The molecule has 0 atom stereocenters. The van der Waals surface area contributed by atoms with Gasteiger partial charge in [-0.3, -0.25) is 4.79 Å². The highest BCUT2D eigenvalue weighted by Crippen LogP contribution is 2.32. The zero-order valence-electron chi connectivity index (χ0n) is 11.9. The lowest BCUT2D eigenvalue weighted by molar-refractivity contribution is 0.0853. The fourth-order valence-corrected chi connectivity index (χ4v) is 2.79. The van der Waals surface area contributed by atoms with Gasteiger partial charge in [-0.2, -0.15) is 0 Å². The molecule has 98 valence electrons. The normalized spacial score (nSPS) is 15.5. The molecule has 0 saturated heterocycles. The van der Waals surface area contributed by atoms with Gasteiger partial charge in [-0.1, -0.05) is 39.3 Å². The van der Waals surface area contributed by atoms with E-state index in [-0.39, 0.29) is 0 Å². The minimum absolute atomic E-state index is 0.313. The number of Topliss-reactive ketones (excluding diaryl/α,β-unsaturated/α-hetero) is 1. The van der Waals surface area contributed by atoms with Gasteiger partial charge in [0.05, 0.1) is 0 Å². The van der Waals surface area contributed by atoms with Gasteiger partial charge in [-0.05, 0) is 48.8 Å². The summed E-state index contributed by atoms with van der Waals surface area (Å²) in [4.78, 5) is 12.6. The summed E-state index contributed by atoms with van der Waals surface area (Å²) in [5.41, 5.74) is 4.96. The van der Waals surface area contributed by atoms with Crippen molar-refractivity contribution in [3.05, 3.63) is 34.4 Å². The molecule has 18 heavy (non-hydrogen) atoms. The van der Waals surface area contributed by atoms with E-state index in [9.17, 15) is 4.79 Å². The van der Waals surface area contributed by atoms with Gasteiger partial charge in [0, 0.05) is 11.5 Å². The zero-order valence-corrected chi connectivity index (χ0v) is 11.9. The summed E-state index contributed by atoms with van der Waals surface area (Å²) in [5, 5.41) is 0. The first-order chi connectivity index (χ1) is 8.71. The van der Waals surface area contributed by atoms with Crippen molar-refractivity contribution in [1.82, 2.24) is 0 Å². The SMILES string of the molecule is CCc1cc(CC)c(C(=O)C2CCC2)c(CC)c1. The van der Waals surface area contributed by atoms with Crippen LogP contribution in [-0.4, -0.2) is 5.78 Å². The van der Waals surface area contributed by atoms with Gasteiger partial charge in [0.15, 0.2) is 5.78 Å². The molecule has 0 amide bonds.